The fraction of sp³-hybridized carbons (Fsp3) is 0.500. The van der Waals surface area contributed by atoms with Gasteiger partial charge in [0.2, 0.25) is 0 Å². The Morgan fingerprint density at radius 2 is 2.00 bits per heavy atom. The summed E-state index contributed by atoms with van der Waals surface area (Å²) in [4.78, 5) is 0. The van der Waals surface area contributed by atoms with Crippen LogP contribution in [0.4, 0.5) is 0 Å². The van der Waals surface area contributed by atoms with Crippen molar-refractivity contribution in [3.05, 3.63) is 39.9 Å². The number of rotatable bonds is 3. The molecule has 0 aromatic heterocycles. The first-order valence-electron chi connectivity index (χ1n) is 6.76. The first-order chi connectivity index (χ1) is 8.29. The molecule has 1 fully saturated rings. The summed E-state index contributed by atoms with van der Waals surface area (Å²) in [7, 11) is 0. The molecule has 0 N–H and O–H groups in total. The molecule has 0 bridgehead atoms. The average molecular weight is 293 g/mol. The van der Waals surface area contributed by atoms with Gasteiger partial charge in [0.25, 0.3) is 0 Å². The molecule has 0 aliphatic heterocycles. The van der Waals surface area contributed by atoms with Gasteiger partial charge in [0.05, 0.1) is 0 Å². The Bertz CT molecular complexity index is 387. The van der Waals surface area contributed by atoms with Gasteiger partial charge < -0.3 is 0 Å². The predicted octanol–water partition coefficient (Wildman–Crippen LogP) is 5.61. The van der Waals surface area contributed by atoms with Crippen LogP contribution in [0.15, 0.2) is 28.7 Å². The van der Waals surface area contributed by atoms with Crippen LogP contribution in [0.2, 0.25) is 0 Å². The summed E-state index contributed by atoms with van der Waals surface area (Å²) in [5.41, 5.74) is 2.83. The normalized spacial score (nSPS) is 17.8. The maximum Gasteiger partial charge on any atom is 0.0181 e. The summed E-state index contributed by atoms with van der Waals surface area (Å²) in [6.07, 6.45) is 12.9. The van der Waals surface area contributed by atoms with Crippen molar-refractivity contribution < 1.29 is 0 Å². The first kappa shape index (κ1) is 12.9. The lowest BCUT2D eigenvalue weighted by atomic mass is 9.88. The van der Waals surface area contributed by atoms with Gasteiger partial charge in [-0.15, -0.1) is 0 Å². The summed E-state index contributed by atoms with van der Waals surface area (Å²) in [5, 5.41) is 0. The van der Waals surface area contributed by atoms with Crippen molar-refractivity contribution in [3.8, 4) is 0 Å². The summed E-state index contributed by atoms with van der Waals surface area (Å²) >= 11 is 3.56. The Morgan fingerprint density at radius 1 is 1.24 bits per heavy atom. The van der Waals surface area contributed by atoms with Gasteiger partial charge in [-0.3, -0.25) is 0 Å². The van der Waals surface area contributed by atoms with Crippen molar-refractivity contribution in [2.45, 2.75) is 45.4 Å². The van der Waals surface area contributed by atoms with E-state index in [9.17, 15) is 0 Å². The highest BCUT2D eigenvalue weighted by Crippen LogP contribution is 2.26. The molecule has 1 aliphatic carbocycles. The van der Waals surface area contributed by atoms with E-state index >= 15 is 0 Å². The zero-order valence-electron chi connectivity index (χ0n) is 10.6. The molecule has 0 spiro atoms. The minimum Gasteiger partial charge on any atom is -0.0808 e. The van der Waals surface area contributed by atoms with Crippen LogP contribution >= 0.6 is 15.9 Å². The zero-order chi connectivity index (χ0) is 12.1. The van der Waals surface area contributed by atoms with Crippen molar-refractivity contribution in [1.29, 1.82) is 0 Å². The molecule has 2 rings (SSSR count). The Balaban J connectivity index is 2.10. The number of halogens is 1. The van der Waals surface area contributed by atoms with Gasteiger partial charge in [-0.05, 0) is 48.4 Å². The van der Waals surface area contributed by atoms with Gasteiger partial charge in [-0.2, -0.15) is 0 Å². The standard InChI is InChI=1S/C16H21Br/c1-2-14-10-11-16(17)12-15(14)9-8-13-6-4-3-5-7-13/h8-13H,2-7H2,1H3/b9-8+. The molecule has 1 saturated carbocycles. The van der Waals surface area contributed by atoms with Crippen molar-refractivity contribution in [2.24, 2.45) is 5.92 Å². The zero-order valence-corrected chi connectivity index (χ0v) is 12.2. The monoisotopic (exact) mass is 292 g/mol. The number of hydrogen-bond acceptors (Lipinski definition) is 0. The van der Waals surface area contributed by atoms with E-state index in [2.05, 4.69) is 53.2 Å². The second-order valence-corrected chi connectivity index (χ2v) is 5.87. The molecule has 17 heavy (non-hydrogen) atoms. The summed E-state index contributed by atoms with van der Waals surface area (Å²) < 4.78 is 1.18. The van der Waals surface area contributed by atoms with Crippen molar-refractivity contribution in [3.63, 3.8) is 0 Å². The Morgan fingerprint density at radius 3 is 2.71 bits per heavy atom. The molecule has 0 atom stereocenters. The van der Waals surface area contributed by atoms with E-state index in [-0.39, 0.29) is 0 Å². The van der Waals surface area contributed by atoms with Crippen molar-refractivity contribution in [1.82, 2.24) is 0 Å². The second-order valence-electron chi connectivity index (χ2n) is 4.95. The van der Waals surface area contributed by atoms with Crippen LogP contribution < -0.4 is 0 Å². The Labute approximate surface area is 113 Å². The van der Waals surface area contributed by atoms with E-state index in [1.165, 1.54) is 47.7 Å². The number of allylic oxidation sites excluding steroid dienone is 1. The van der Waals surface area contributed by atoms with Gasteiger partial charge in [0.15, 0.2) is 0 Å². The second kappa shape index (κ2) is 6.39. The van der Waals surface area contributed by atoms with E-state index in [0.29, 0.717) is 0 Å². The third-order valence-corrected chi connectivity index (χ3v) is 4.18. The molecular weight excluding hydrogens is 272 g/mol. The van der Waals surface area contributed by atoms with Crippen LogP contribution in [0.5, 0.6) is 0 Å². The highest BCUT2D eigenvalue weighted by Gasteiger charge is 2.09. The van der Waals surface area contributed by atoms with Gasteiger partial charge in [-0.1, -0.05) is 60.3 Å². The number of benzene rings is 1. The molecule has 0 unspecified atom stereocenters. The maximum atomic E-state index is 3.56. The highest BCUT2D eigenvalue weighted by molar-refractivity contribution is 9.10. The fourth-order valence-electron chi connectivity index (χ4n) is 2.61. The molecule has 0 heterocycles. The molecule has 92 valence electrons. The SMILES string of the molecule is CCc1ccc(Br)cc1/C=C/C1CCCCC1. The van der Waals surface area contributed by atoms with Gasteiger partial charge >= 0.3 is 0 Å². The lowest BCUT2D eigenvalue weighted by Gasteiger charge is -2.17. The van der Waals surface area contributed by atoms with E-state index in [1.807, 2.05) is 0 Å². The molecule has 0 nitrogen and oxygen atoms in total. The lowest BCUT2D eigenvalue weighted by Crippen LogP contribution is -2.02. The fourth-order valence-corrected chi connectivity index (χ4v) is 2.99. The maximum absolute atomic E-state index is 3.56. The molecule has 1 aliphatic rings. The summed E-state index contributed by atoms with van der Waals surface area (Å²) in [6, 6.07) is 6.60. The molecule has 1 aromatic carbocycles. The quantitative estimate of drug-likeness (QED) is 0.680. The van der Waals surface area contributed by atoms with Crippen LogP contribution in [-0.4, -0.2) is 0 Å². The molecule has 0 amide bonds. The average Bonchev–Trinajstić information content (AvgIpc) is 2.38. The largest absolute Gasteiger partial charge is 0.0808 e. The third kappa shape index (κ3) is 3.70. The molecule has 1 heteroatoms. The minimum absolute atomic E-state index is 0.812. The Kier molecular flexibility index (Phi) is 4.85. The third-order valence-electron chi connectivity index (χ3n) is 3.69. The predicted molar refractivity (Wildman–Crippen MR) is 79.1 cm³/mol. The van der Waals surface area contributed by atoms with Crippen molar-refractivity contribution in [2.75, 3.05) is 0 Å². The molecular formula is C16H21Br. The van der Waals surface area contributed by atoms with E-state index in [4.69, 9.17) is 0 Å². The molecule has 0 saturated heterocycles. The summed E-state index contributed by atoms with van der Waals surface area (Å²) in [6.45, 7) is 2.22. The van der Waals surface area contributed by atoms with Crippen LogP contribution in [0.3, 0.4) is 0 Å². The van der Waals surface area contributed by atoms with Crippen molar-refractivity contribution >= 4 is 22.0 Å². The van der Waals surface area contributed by atoms with Crippen LogP contribution in [0, 0.1) is 5.92 Å². The Hall–Kier alpha value is -0.560. The lowest BCUT2D eigenvalue weighted by molar-refractivity contribution is 0.420. The number of hydrogen-bond donors (Lipinski definition) is 0. The van der Waals surface area contributed by atoms with Gasteiger partial charge in [0.1, 0.15) is 0 Å². The first-order valence-corrected chi connectivity index (χ1v) is 7.55. The number of aryl methyl sites for hydroxylation is 1. The van der Waals surface area contributed by atoms with Crippen LogP contribution in [0.25, 0.3) is 6.08 Å². The van der Waals surface area contributed by atoms with Crippen LogP contribution in [0.1, 0.15) is 50.2 Å². The van der Waals surface area contributed by atoms with Gasteiger partial charge in [0, 0.05) is 4.47 Å². The topological polar surface area (TPSA) is 0 Å². The van der Waals surface area contributed by atoms with Crippen LogP contribution in [-0.2, 0) is 6.42 Å². The minimum atomic E-state index is 0.812. The van der Waals surface area contributed by atoms with E-state index in [0.717, 1.165) is 12.3 Å². The van der Waals surface area contributed by atoms with E-state index < -0.39 is 0 Å². The molecule has 0 radical (unpaired) electrons. The summed E-state index contributed by atoms with van der Waals surface area (Å²) in [5.74, 6) is 0.812. The molecule has 1 aromatic rings. The highest BCUT2D eigenvalue weighted by atomic mass is 79.9. The smallest absolute Gasteiger partial charge is 0.0181 e. The van der Waals surface area contributed by atoms with Gasteiger partial charge in [-0.25, -0.2) is 0 Å². The van der Waals surface area contributed by atoms with E-state index in [1.54, 1.807) is 0 Å².